The number of aromatic nitrogens is 3. The van der Waals surface area contributed by atoms with Crippen LogP contribution in [0.2, 0.25) is 0 Å². The Morgan fingerprint density at radius 1 is 1.44 bits per heavy atom. The molecule has 0 unspecified atom stereocenters. The van der Waals surface area contributed by atoms with Gasteiger partial charge in [-0.05, 0) is 11.8 Å². The maximum Gasteiger partial charge on any atom is 0.290 e. The van der Waals surface area contributed by atoms with Gasteiger partial charge < -0.3 is 5.32 Å². The Balaban J connectivity index is 2.41. The highest BCUT2D eigenvalue weighted by Crippen LogP contribution is 2.16. The van der Waals surface area contributed by atoms with Crippen molar-refractivity contribution in [2.24, 2.45) is 5.41 Å². The van der Waals surface area contributed by atoms with Gasteiger partial charge in [-0.15, -0.1) is 5.10 Å². The zero-order valence-corrected chi connectivity index (χ0v) is 10.4. The van der Waals surface area contributed by atoms with Gasteiger partial charge in [0.2, 0.25) is 5.82 Å². The van der Waals surface area contributed by atoms with Crippen molar-refractivity contribution >= 4 is 5.91 Å². The number of hydrogen-bond acceptors (Lipinski definition) is 3. The van der Waals surface area contributed by atoms with E-state index in [1.54, 1.807) is 0 Å². The fraction of sp³-hybridized carbons (Fsp3) is 0.727. The highest BCUT2D eigenvalue weighted by molar-refractivity contribution is 5.90. The molecule has 0 radical (unpaired) electrons. The summed E-state index contributed by atoms with van der Waals surface area (Å²) in [7, 11) is 0. The summed E-state index contributed by atoms with van der Waals surface area (Å²) in [5, 5.41) is 9.38. The van der Waals surface area contributed by atoms with Gasteiger partial charge in [-0.25, -0.2) is 4.98 Å². The minimum Gasteiger partial charge on any atom is -0.349 e. The number of amides is 1. The van der Waals surface area contributed by atoms with Crippen molar-refractivity contribution in [3.63, 3.8) is 0 Å². The van der Waals surface area contributed by atoms with E-state index < -0.39 is 0 Å². The van der Waals surface area contributed by atoms with Crippen LogP contribution in [0.5, 0.6) is 0 Å². The van der Waals surface area contributed by atoms with E-state index in [2.05, 4.69) is 41.3 Å². The summed E-state index contributed by atoms with van der Waals surface area (Å²) >= 11 is 0. The zero-order valence-electron chi connectivity index (χ0n) is 10.4. The van der Waals surface area contributed by atoms with Gasteiger partial charge in [0.05, 0.1) is 0 Å². The Hall–Kier alpha value is -1.39. The molecule has 0 aliphatic rings. The number of aromatic amines is 1. The monoisotopic (exact) mass is 224 g/mol. The second-order valence-electron chi connectivity index (χ2n) is 5.03. The second-order valence-corrected chi connectivity index (χ2v) is 5.03. The fourth-order valence-electron chi connectivity index (χ4n) is 1.19. The van der Waals surface area contributed by atoms with Crippen LogP contribution in [0.1, 0.15) is 50.6 Å². The molecular formula is C11H20N4O. The zero-order chi connectivity index (χ0) is 12.2. The van der Waals surface area contributed by atoms with Crippen LogP contribution in [-0.4, -0.2) is 27.6 Å². The van der Waals surface area contributed by atoms with Crippen molar-refractivity contribution < 1.29 is 4.79 Å². The Bertz CT molecular complexity index is 351. The Morgan fingerprint density at radius 2 is 2.12 bits per heavy atom. The lowest BCUT2D eigenvalue weighted by Crippen LogP contribution is -2.28. The molecule has 1 aromatic rings. The minimum absolute atomic E-state index is 0.208. The minimum atomic E-state index is -0.208. The van der Waals surface area contributed by atoms with E-state index in [1.807, 2.05) is 6.92 Å². The molecule has 1 heterocycles. The number of carbonyl (C=O) groups is 1. The predicted octanol–water partition coefficient (Wildman–Crippen LogP) is 1.53. The van der Waals surface area contributed by atoms with E-state index in [4.69, 9.17) is 0 Å². The fourth-order valence-corrected chi connectivity index (χ4v) is 1.19. The highest BCUT2D eigenvalue weighted by atomic mass is 16.2. The largest absolute Gasteiger partial charge is 0.349 e. The van der Waals surface area contributed by atoms with E-state index >= 15 is 0 Å². The van der Waals surface area contributed by atoms with Crippen LogP contribution in [0.25, 0.3) is 0 Å². The molecule has 0 spiro atoms. The molecule has 16 heavy (non-hydrogen) atoms. The molecule has 0 saturated heterocycles. The molecule has 1 amide bonds. The first-order valence-electron chi connectivity index (χ1n) is 5.62. The summed E-state index contributed by atoms with van der Waals surface area (Å²) in [4.78, 5) is 15.7. The summed E-state index contributed by atoms with van der Waals surface area (Å²) in [6.45, 7) is 9.03. The molecule has 0 aliphatic carbocycles. The average Bonchev–Trinajstić information content (AvgIpc) is 2.63. The van der Waals surface area contributed by atoms with Crippen LogP contribution in [-0.2, 0) is 6.42 Å². The summed E-state index contributed by atoms with van der Waals surface area (Å²) in [6.07, 6.45) is 1.69. The van der Waals surface area contributed by atoms with E-state index in [-0.39, 0.29) is 17.1 Å². The average molecular weight is 224 g/mol. The maximum atomic E-state index is 11.6. The third-order valence-electron chi connectivity index (χ3n) is 2.23. The van der Waals surface area contributed by atoms with Crippen LogP contribution in [0, 0.1) is 5.41 Å². The molecule has 0 atom stereocenters. The van der Waals surface area contributed by atoms with Crippen LogP contribution in [0.3, 0.4) is 0 Å². The van der Waals surface area contributed by atoms with Gasteiger partial charge in [-0.3, -0.25) is 9.89 Å². The number of carbonyl (C=O) groups excluding carboxylic acids is 1. The smallest absolute Gasteiger partial charge is 0.290 e. The van der Waals surface area contributed by atoms with Gasteiger partial charge in [0.1, 0.15) is 5.82 Å². The third kappa shape index (κ3) is 4.00. The number of aryl methyl sites for hydroxylation is 1. The molecule has 0 fully saturated rings. The SMILES string of the molecule is CCc1nc(C(=O)NCCC(C)(C)C)n[nH]1. The number of H-pyrrole nitrogens is 1. The van der Waals surface area contributed by atoms with Crippen molar-refractivity contribution in [1.29, 1.82) is 0 Å². The first-order valence-corrected chi connectivity index (χ1v) is 5.62. The van der Waals surface area contributed by atoms with E-state index in [1.165, 1.54) is 0 Å². The molecule has 0 aromatic carbocycles. The molecule has 90 valence electrons. The van der Waals surface area contributed by atoms with E-state index in [9.17, 15) is 4.79 Å². The van der Waals surface area contributed by atoms with Crippen LogP contribution in [0.4, 0.5) is 0 Å². The lowest BCUT2D eigenvalue weighted by molar-refractivity contribution is 0.0939. The van der Waals surface area contributed by atoms with E-state index in [0.29, 0.717) is 6.54 Å². The molecule has 0 saturated carbocycles. The van der Waals surface area contributed by atoms with Crippen molar-refractivity contribution in [1.82, 2.24) is 20.5 Å². The van der Waals surface area contributed by atoms with Gasteiger partial charge in [0.25, 0.3) is 5.91 Å². The number of nitrogens with zero attached hydrogens (tertiary/aromatic N) is 2. The van der Waals surface area contributed by atoms with Gasteiger partial charge in [-0.2, -0.15) is 0 Å². The lowest BCUT2D eigenvalue weighted by Gasteiger charge is -2.17. The van der Waals surface area contributed by atoms with Gasteiger partial charge in [0, 0.05) is 13.0 Å². The first kappa shape index (κ1) is 12.7. The first-order chi connectivity index (χ1) is 7.42. The second kappa shape index (κ2) is 5.09. The number of hydrogen-bond donors (Lipinski definition) is 2. The maximum absolute atomic E-state index is 11.6. The summed E-state index contributed by atoms with van der Waals surface area (Å²) in [6, 6.07) is 0. The number of rotatable bonds is 4. The van der Waals surface area contributed by atoms with Crippen molar-refractivity contribution in [3.8, 4) is 0 Å². The number of nitrogens with one attached hydrogen (secondary N) is 2. The van der Waals surface area contributed by atoms with Crippen molar-refractivity contribution in [2.75, 3.05) is 6.54 Å². The lowest BCUT2D eigenvalue weighted by atomic mass is 9.92. The van der Waals surface area contributed by atoms with Crippen LogP contribution < -0.4 is 5.32 Å². The summed E-state index contributed by atoms with van der Waals surface area (Å²) < 4.78 is 0. The predicted molar refractivity (Wildman–Crippen MR) is 62.2 cm³/mol. The topological polar surface area (TPSA) is 70.7 Å². The van der Waals surface area contributed by atoms with Crippen molar-refractivity contribution in [2.45, 2.75) is 40.5 Å². The molecule has 5 heteroatoms. The molecule has 5 nitrogen and oxygen atoms in total. The molecule has 0 aliphatic heterocycles. The van der Waals surface area contributed by atoms with Gasteiger partial charge in [0.15, 0.2) is 0 Å². The standard InChI is InChI=1S/C11H20N4O/c1-5-8-13-9(15-14-8)10(16)12-7-6-11(2,3)4/h5-7H2,1-4H3,(H,12,16)(H,13,14,15). The van der Waals surface area contributed by atoms with Crippen molar-refractivity contribution in [3.05, 3.63) is 11.6 Å². The molecule has 0 bridgehead atoms. The van der Waals surface area contributed by atoms with Crippen LogP contribution >= 0.6 is 0 Å². The van der Waals surface area contributed by atoms with E-state index in [0.717, 1.165) is 18.7 Å². The van der Waals surface area contributed by atoms with Crippen LogP contribution in [0.15, 0.2) is 0 Å². The Labute approximate surface area is 96.0 Å². The van der Waals surface area contributed by atoms with Gasteiger partial charge in [-0.1, -0.05) is 27.7 Å². The quantitative estimate of drug-likeness (QED) is 0.814. The normalized spacial score (nSPS) is 11.5. The Morgan fingerprint density at radius 3 is 2.62 bits per heavy atom. The molecule has 1 rings (SSSR count). The summed E-state index contributed by atoms with van der Waals surface area (Å²) in [5.74, 6) is 0.756. The third-order valence-corrected chi connectivity index (χ3v) is 2.23. The van der Waals surface area contributed by atoms with Gasteiger partial charge >= 0.3 is 0 Å². The highest BCUT2D eigenvalue weighted by Gasteiger charge is 2.14. The molecular weight excluding hydrogens is 204 g/mol. The summed E-state index contributed by atoms with van der Waals surface area (Å²) in [5.41, 5.74) is 0.223. The molecule has 1 aromatic heterocycles. The molecule has 2 N–H and O–H groups in total. The Kier molecular flexibility index (Phi) is 4.04.